The van der Waals surface area contributed by atoms with Crippen molar-refractivity contribution in [3.05, 3.63) is 43.5 Å². The number of unbranched alkanes of at least 4 members (excludes halogenated alkanes) is 4. The third-order valence-electron chi connectivity index (χ3n) is 2.80. The number of pyridine rings is 1. The third-order valence-corrected chi connectivity index (χ3v) is 2.80. The van der Waals surface area contributed by atoms with Gasteiger partial charge in [-0.1, -0.05) is 18.2 Å². The maximum Gasteiger partial charge on any atom is 0.216 e. The van der Waals surface area contributed by atoms with Crippen LogP contribution in [0.3, 0.4) is 0 Å². The number of allylic oxidation sites excluding steroid dienone is 2. The Morgan fingerprint density at radius 3 is 1.80 bits per heavy atom. The molecule has 1 rings (SSSR count). The lowest BCUT2D eigenvalue weighted by molar-refractivity contribution is 0.271. The predicted molar refractivity (Wildman–Crippen MR) is 83.3 cm³/mol. The van der Waals surface area contributed by atoms with Crippen LogP contribution in [0.2, 0.25) is 0 Å². The van der Waals surface area contributed by atoms with Gasteiger partial charge in [-0.2, -0.15) is 4.98 Å². The van der Waals surface area contributed by atoms with Crippen LogP contribution < -0.4 is 9.47 Å². The number of ether oxygens (including phenoxy) is 2. The van der Waals surface area contributed by atoms with E-state index in [1.807, 2.05) is 30.4 Å². The molecule has 0 bridgehead atoms. The van der Waals surface area contributed by atoms with Crippen LogP contribution in [0.25, 0.3) is 0 Å². The number of hydrogen-bond acceptors (Lipinski definition) is 3. The van der Waals surface area contributed by atoms with Gasteiger partial charge < -0.3 is 9.47 Å². The SMILES string of the molecule is C=CCCCCOc1cccc(OCCCCC=C)n1. The zero-order chi connectivity index (χ0) is 14.5. The van der Waals surface area contributed by atoms with Gasteiger partial charge in [-0.15, -0.1) is 13.2 Å². The summed E-state index contributed by atoms with van der Waals surface area (Å²) in [6, 6.07) is 5.63. The van der Waals surface area contributed by atoms with Crippen LogP contribution in [0.5, 0.6) is 11.8 Å². The Hall–Kier alpha value is -1.77. The molecule has 20 heavy (non-hydrogen) atoms. The highest BCUT2D eigenvalue weighted by atomic mass is 16.5. The van der Waals surface area contributed by atoms with Gasteiger partial charge in [-0.05, 0) is 38.5 Å². The average Bonchev–Trinajstić information content (AvgIpc) is 2.47. The summed E-state index contributed by atoms with van der Waals surface area (Å²) in [6.07, 6.45) is 10.2. The van der Waals surface area contributed by atoms with Crippen molar-refractivity contribution in [1.82, 2.24) is 4.98 Å². The first-order valence-corrected chi connectivity index (χ1v) is 7.31. The molecule has 0 aliphatic rings. The van der Waals surface area contributed by atoms with Gasteiger partial charge in [0, 0.05) is 12.1 Å². The first kappa shape index (κ1) is 16.3. The fourth-order valence-corrected chi connectivity index (χ4v) is 1.69. The van der Waals surface area contributed by atoms with Crippen LogP contribution in [0.1, 0.15) is 38.5 Å². The van der Waals surface area contributed by atoms with Crippen molar-refractivity contribution < 1.29 is 9.47 Å². The van der Waals surface area contributed by atoms with Gasteiger partial charge in [-0.25, -0.2) is 0 Å². The van der Waals surface area contributed by atoms with E-state index in [0.29, 0.717) is 25.0 Å². The molecule has 0 saturated heterocycles. The molecule has 110 valence electrons. The molecule has 0 atom stereocenters. The molecule has 0 unspecified atom stereocenters. The quantitative estimate of drug-likeness (QED) is 0.414. The van der Waals surface area contributed by atoms with Crippen molar-refractivity contribution >= 4 is 0 Å². The number of aromatic nitrogens is 1. The Morgan fingerprint density at radius 1 is 0.850 bits per heavy atom. The van der Waals surface area contributed by atoms with Crippen molar-refractivity contribution in [2.24, 2.45) is 0 Å². The van der Waals surface area contributed by atoms with E-state index in [-0.39, 0.29) is 0 Å². The summed E-state index contributed by atoms with van der Waals surface area (Å²) >= 11 is 0. The second-order valence-electron chi connectivity index (χ2n) is 4.58. The van der Waals surface area contributed by atoms with E-state index in [4.69, 9.17) is 9.47 Å². The van der Waals surface area contributed by atoms with Gasteiger partial charge in [0.25, 0.3) is 0 Å². The molecule has 3 nitrogen and oxygen atoms in total. The van der Waals surface area contributed by atoms with E-state index in [1.54, 1.807) is 0 Å². The molecule has 0 aromatic carbocycles. The van der Waals surface area contributed by atoms with Crippen molar-refractivity contribution in [1.29, 1.82) is 0 Å². The Morgan fingerprint density at radius 2 is 1.35 bits per heavy atom. The molecular weight excluding hydrogens is 250 g/mol. The molecule has 0 spiro atoms. The maximum absolute atomic E-state index is 5.60. The smallest absolute Gasteiger partial charge is 0.216 e. The van der Waals surface area contributed by atoms with Crippen molar-refractivity contribution in [3.8, 4) is 11.8 Å². The zero-order valence-electron chi connectivity index (χ0n) is 12.2. The Balaban J connectivity index is 2.22. The molecule has 3 heteroatoms. The Bertz CT molecular complexity index is 357. The van der Waals surface area contributed by atoms with Gasteiger partial charge in [0.05, 0.1) is 13.2 Å². The van der Waals surface area contributed by atoms with Crippen LogP contribution in [-0.4, -0.2) is 18.2 Å². The van der Waals surface area contributed by atoms with Crippen LogP contribution in [0.4, 0.5) is 0 Å². The molecule has 1 aromatic rings. The van der Waals surface area contributed by atoms with Gasteiger partial charge >= 0.3 is 0 Å². The molecule has 1 aromatic heterocycles. The Labute approximate surface area is 122 Å². The number of hydrogen-bond donors (Lipinski definition) is 0. The highest BCUT2D eigenvalue weighted by molar-refractivity contribution is 5.19. The Kier molecular flexibility index (Phi) is 9.03. The zero-order valence-corrected chi connectivity index (χ0v) is 12.2. The highest BCUT2D eigenvalue weighted by Gasteiger charge is 1.99. The second kappa shape index (κ2) is 11.1. The molecule has 0 fully saturated rings. The summed E-state index contributed by atoms with van der Waals surface area (Å²) in [5.74, 6) is 1.26. The van der Waals surface area contributed by atoms with Crippen LogP contribution in [-0.2, 0) is 0 Å². The monoisotopic (exact) mass is 275 g/mol. The van der Waals surface area contributed by atoms with Crippen LogP contribution in [0.15, 0.2) is 43.5 Å². The van der Waals surface area contributed by atoms with E-state index in [9.17, 15) is 0 Å². The van der Waals surface area contributed by atoms with E-state index in [2.05, 4.69) is 18.1 Å². The fourth-order valence-electron chi connectivity index (χ4n) is 1.69. The summed E-state index contributed by atoms with van der Waals surface area (Å²) in [5, 5.41) is 0. The van der Waals surface area contributed by atoms with Crippen molar-refractivity contribution in [2.45, 2.75) is 38.5 Å². The molecule has 1 heterocycles. The average molecular weight is 275 g/mol. The lowest BCUT2D eigenvalue weighted by Crippen LogP contribution is -2.02. The molecule has 0 radical (unpaired) electrons. The minimum Gasteiger partial charge on any atom is -0.478 e. The number of nitrogens with zero attached hydrogens (tertiary/aromatic N) is 1. The predicted octanol–water partition coefficient (Wildman–Crippen LogP) is 4.55. The molecule has 0 aliphatic carbocycles. The first-order valence-electron chi connectivity index (χ1n) is 7.31. The molecule has 0 amide bonds. The van der Waals surface area contributed by atoms with Crippen LogP contribution in [0, 0.1) is 0 Å². The van der Waals surface area contributed by atoms with Crippen molar-refractivity contribution in [3.63, 3.8) is 0 Å². The first-order chi connectivity index (χ1) is 9.86. The van der Waals surface area contributed by atoms with Crippen molar-refractivity contribution in [2.75, 3.05) is 13.2 Å². The number of rotatable bonds is 12. The second-order valence-corrected chi connectivity index (χ2v) is 4.58. The lowest BCUT2D eigenvalue weighted by atomic mass is 10.2. The molecule has 0 aliphatic heterocycles. The summed E-state index contributed by atoms with van der Waals surface area (Å²) in [7, 11) is 0. The largest absolute Gasteiger partial charge is 0.478 e. The van der Waals surface area contributed by atoms with E-state index in [0.717, 1.165) is 38.5 Å². The van der Waals surface area contributed by atoms with Crippen LogP contribution >= 0.6 is 0 Å². The topological polar surface area (TPSA) is 31.4 Å². The van der Waals surface area contributed by atoms with E-state index in [1.165, 1.54) is 0 Å². The van der Waals surface area contributed by atoms with E-state index < -0.39 is 0 Å². The molecule has 0 saturated carbocycles. The normalized spacial score (nSPS) is 10.0. The lowest BCUT2D eigenvalue weighted by Gasteiger charge is -2.08. The summed E-state index contributed by atoms with van der Waals surface area (Å²) in [4.78, 5) is 4.32. The maximum atomic E-state index is 5.60. The summed E-state index contributed by atoms with van der Waals surface area (Å²) in [6.45, 7) is 8.77. The minimum absolute atomic E-state index is 0.632. The van der Waals surface area contributed by atoms with E-state index >= 15 is 0 Å². The highest BCUT2D eigenvalue weighted by Crippen LogP contribution is 2.14. The van der Waals surface area contributed by atoms with Gasteiger partial charge in [0.15, 0.2) is 0 Å². The third kappa shape index (κ3) is 7.62. The standard InChI is InChI=1S/C17H25NO2/c1-3-5-7-9-14-19-16-12-11-13-17(18-16)20-15-10-8-6-4-2/h3-4,11-13H,1-2,5-10,14-15H2. The summed E-state index contributed by atoms with van der Waals surface area (Å²) < 4.78 is 11.2. The van der Waals surface area contributed by atoms with Gasteiger partial charge in [0.1, 0.15) is 0 Å². The fraction of sp³-hybridized carbons (Fsp3) is 0.471. The minimum atomic E-state index is 0.632. The molecular formula is C17H25NO2. The molecule has 0 N–H and O–H groups in total. The van der Waals surface area contributed by atoms with Gasteiger partial charge in [0.2, 0.25) is 11.8 Å². The summed E-state index contributed by atoms with van der Waals surface area (Å²) in [5.41, 5.74) is 0. The van der Waals surface area contributed by atoms with Gasteiger partial charge in [-0.3, -0.25) is 0 Å².